The highest BCUT2D eigenvalue weighted by molar-refractivity contribution is 5.84. The minimum Gasteiger partial charge on any atom is -0.349 e. The molecule has 1 amide bonds. The van der Waals surface area contributed by atoms with E-state index in [1.54, 1.807) is 12.4 Å². The summed E-state index contributed by atoms with van der Waals surface area (Å²) in [5, 5.41) is 3.03. The van der Waals surface area contributed by atoms with Crippen LogP contribution in [-0.4, -0.2) is 17.4 Å². The van der Waals surface area contributed by atoms with Crippen molar-refractivity contribution in [2.45, 2.75) is 32.2 Å². The summed E-state index contributed by atoms with van der Waals surface area (Å²) in [6, 6.07) is 3.83. The first kappa shape index (κ1) is 12.0. The molecule has 1 aliphatic rings. The lowest BCUT2D eigenvalue weighted by molar-refractivity contribution is -0.135. The van der Waals surface area contributed by atoms with Crippen molar-refractivity contribution in [1.82, 2.24) is 10.3 Å². The van der Waals surface area contributed by atoms with Crippen LogP contribution in [0.3, 0.4) is 0 Å². The SMILES string of the molecule is C[C@@H](NC(=O)C1(CN)CCC1)c1cccnc1. The first-order chi connectivity index (χ1) is 8.18. The van der Waals surface area contributed by atoms with Gasteiger partial charge in [-0.1, -0.05) is 12.5 Å². The Morgan fingerprint density at radius 3 is 2.88 bits per heavy atom. The maximum Gasteiger partial charge on any atom is 0.227 e. The van der Waals surface area contributed by atoms with Crippen molar-refractivity contribution in [3.8, 4) is 0 Å². The molecule has 0 unspecified atom stereocenters. The van der Waals surface area contributed by atoms with Gasteiger partial charge in [-0.15, -0.1) is 0 Å². The molecule has 4 nitrogen and oxygen atoms in total. The second kappa shape index (κ2) is 4.84. The molecule has 3 N–H and O–H groups in total. The van der Waals surface area contributed by atoms with Crippen LogP contribution in [-0.2, 0) is 4.79 Å². The van der Waals surface area contributed by atoms with Crippen molar-refractivity contribution in [3.63, 3.8) is 0 Å². The Kier molecular flexibility index (Phi) is 3.43. The molecule has 1 heterocycles. The summed E-state index contributed by atoms with van der Waals surface area (Å²) in [5.74, 6) is 0.0857. The molecule has 1 aromatic heterocycles. The van der Waals surface area contributed by atoms with Crippen molar-refractivity contribution in [3.05, 3.63) is 30.1 Å². The van der Waals surface area contributed by atoms with Gasteiger partial charge in [0, 0.05) is 18.9 Å². The van der Waals surface area contributed by atoms with Crippen LogP contribution < -0.4 is 11.1 Å². The zero-order valence-electron chi connectivity index (χ0n) is 10.1. The van der Waals surface area contributed by atoms with Crippen molar-refractivity contribution >= 4 is 5.91 Å². The van der Waals surface area contributed by atoms with Crippen molar-refractivity contribution in [2.75, 3.05) is 6.54 Å². The third-order valence-corrected chi connectivity index (χ3v) is 3.72. The number of carbonyl (C=O) groups excluding carboxylic acids is 1. The number of nitrogens with two attached hydrogens (primary N) is 1. The van der Waals surface area contributed by atoms with Gasteiger partial charge in [-0.3, -0.25) is 9.78 Å². The quantitative estimate of drug-likeness (QED) is 0.825. The van der Waals surface area contributed by atoms with E-state index in [1.165, 1.54) is 0 Å². The summed E-state index contributed by atoms with van der Waals surface area (Å²) in [6.07, 6.45) is 6.43. The van der Waals surface area contributed by atoms with Crippen LogP contribution in [0.5, 0.6) is 0 Å². The number of pyridine rings is 1. The van der Waals surface area contributed by atoms with Gasteiger partial charge in [-0.2, -0.15) is 0 Å². The Bertz CT molecular complexity index is 381. The van der Waals surface area contributed by atoms with Gasteiger partial charge >= 0.3 is 0 Å². The monoisotopic (exact) mass is 233 g/mol. The molecule has 1 aliphatic carbocycles. The fourth-order valence-corrected chi connectivity index (χ4v) is 2.19. The number of carbonyl (C=O) groups is 1. The molecule has 1 atom stereocenters. The predicted octanol–water partition coefficient (Wildman–Crippen LogP) is 1.39. The molecular formula is C13H19N3O. The van der Waals surface area contributed by atoms with Crippen LogP contribution >= 0.6 is 0 Å². The lowest BCUT2D eigenvalue weighted by Gasteiger charge is -2.39. The van der Waals surface area contributed by atoms with Crippen LogP contribution in [0.15, 0.2) is 24.5 Å². The molecule has 0 aliphatic heterocycles. The number of nitrogens with one attached hydrogen (secondary N) is 1. The highest BCUT2D eigenvalue weighted by Crippen LogP contribution is 2.40. The number of hydrogen-bond donors (Lipinski definition) is 2. The van der Waals surface area contributed by atoms with E-state index in [2.05, 4.69) is 10.3 Å². The molecular weight excluding hydrogens is 214 g/mol. The molecule has 0 aromatic carbocycles. The third kappa shape index (κ3) is 2.31. The maximum absolute atomic E-state index is 12.2. The average molecular weight is 233 g/mol. The smallest absolute Gasteiger partial charge is 0.227 e. The predicted molar refractivity (Wildman–Crippen MR) is 66.1 cm³/mol. The van der Waals surface area contributed by atoms with E-state index in [0.717, 1.165) is 24.8 Å². The summed E-state index contributed by atoms with van der Waals surface area (Å²) in [6.45, 7) is 2.41. The van der Waals surface area contributed by atoms with Gasteiger partial charge in [0.1, 0.15) is 0 Å². The first-order valence-electron chi connectivity index (χ1n) is 6.09. The second-order valence-electron chi connectivity index (χ2n) is 4.82. The fourth-order valence-electron chi connectivity index (χ4n) is 2.19. The van der Waals surface area contributed by atoms with E-state index in [1.807, 2.05) is 19.1 Å². The second-order valence-corrected chi connectivity index (χ2v) is 4.82. The van der Waals surface area contributed by atoms with E-state index < -0.39 is 0 Å². The van der Waals surface area contributed by atoms with Gasteiger partial charge < -0.3 is 11.1 Å². The largest absolute Gasteiger partial charge is 0.349 e. The molecule has 0 bridgehead atoms. The first-order valence-corrected chi connectivity index (χ1v) is 6.09. The van der Waals surface area contributed by atoms with E-state index in [9.17, 15) is 4.79 Å². The van der Waals surface area contributed by atoms with E-state index in [-0.39, 0.29) is 17.4 Å². The molecule has 1 aromatic rings. The Balaban J connectivity index is 1.99. The molecule has 0 spiro atoms. The number of amides is 1. The van der Waals surface area contributed by atoms with Gasteiger partial charge in [-0.25, -0.2) is 0 Å². The maximum atomic E-state index is 12.2. The standard InChI is InChI=1S/C13H19N3O/c1-10(11-4-2-7-15-8-11)16-12(17)13(9-14)5-3-6-13/h2,4,7-8,10H,3,5-6,9,14H2,1H3,(H,16,17)/t10-/m1/s1. The highest BCUT2D eigenvalue weighted by atomic mass is 16.2. The Morgan fingerprint density at radius 1 is 1.65 bits per heavy atom. The Labute approximate surface area is 102 Å². The van der Waals surface area contributed by atoms with Crippen LogP contribution in [0.2, 0.25) is 0 Å². The summed E-state index contributed by atoms with van der Waals surface area (Å²) >= 11 is 0. The summed E-state index contributed by atoms with van der Waals surface area (Å²) < 4.78 is 0. The fraction of sp³-hybridized carbons (Fsp3) is 0.538. The van der Waals surface area contributed by atoms with Crippen LogP contribution in [0.25, 0.3) is 0 Å². The van der Waals surface area contributed by atoms with Gasteiger partial charge in [-0.05, 0) is 31.4 Å². The number of rotatable bonds is 4. The van der Waals surface area contributed by atoms with E-state index in [4.69, 9.17) is 5.73 Å². The molecule has 1 saturated carbocycles. The molecule has 17 heavy (non-hydrogen) atoms. The third-order valence-electron chi connectivity index (χ3n) is 3.72. The normalized spacial score (nSPS) is 19.2. The lowest BCUT2D eigenvalue weighted by Crippen LogP contribution is -2.50. The Morgan fingerprint density at radius 2 is 2.41 bits per heavy atom. The zero-order chi connectivity index (χ0) is 12.3. The molecule has 4 heteroatoms. The van der Waals surface area contributed by atoms with Crippen molar-refractivity contribution < 1.29 is 4.79 Å². The zero-order valence-corrected chi connectivity index (χ0v) is 10.1. The highest BCUT2D eigenvalue weighted by Gasteiger charge is 2.43. The number of nitrogens with zero attached hydrogens (tertiary/aromatic N) is 1. The Hall–Kier alpha value is -1.42. The van der Waals surface area contributed by atoms with Crippen molar-refractivity contribution in [1.29, 1.82) is 0 Å². The van der Waals surface area contributed by atoms with Gasteiger partial charge in [0.25, 0.3) is 0 Å². The van der Waals surface area contributed by atoms with Crippen LogP contribution in [0.4, 0.5) is 0 Å². The average Bonchev–Trinajstić information content (AvgIpc) is 2.29. The molecule has 2 rings (SSSR count). The van der Waals surface area contributed by atoms with Crippen LogP contribution in [0.1, 0.15) is 37.8 Å². The number of aromatic nitrogens is 1. The topological polar surface area (TPSA) is 68.0 Å². The summed E-state index contributed by atoms with van der Waals surface area (Å²) in [4.78, 5) is 16.2. The van der Waals surface area contributed by atoms with Gasteiger partial charge in [0.05, 0.1) is 11.5 Å². The molecule has 0 saturated heterocycles. The van der Waals surface area contributed by atoms with Crippen molar-refractivity contribution in [2.24, 2.45) is 11.1 Å². The lowest BCUT2D eigenvalue weighted by atomic mass is 9.68. The molecule has 1 fully saturated rings. The number of hydrogen-bond acceptors (Lipinski definition) is 3. The molecule has 92 valence electrons. The minimum atomic E-state index is -0.309. The summed E-state index contributed by atoms with van der Waals surface area (Å²) in [7, 11) is 0. The van der Waals surface area contributed by atoms with Gasteiger partial charge in [0.15, 0.2) is 0 Å². The van der Waals surface area contributed by atoms with E-state index >= 15 is 0 Å². The minimum absolute atomic E-state index is 0.0137. The van der Waals surface area contributed by atoms with Crippen LogP contribution in [0, 0.1) is 5.41 Å². The summed E-state index contributed by atoms with van der Waals surface area (Å²) in [5.41, 5.74) is 6.42. The van der Waals surface area contributed by atoms with Gasteiger partial charge in [0.2, 0.25) is 5.91 Å². The molecule has 0 radical (unpaired) electrons. The van der Waals surface area contributed by atoms with E-state index in [0.29, 0.717) is 6.54 Å².